The lowest BCUT2D eigenvalue weighted by molar-refractivity contribution is 0.596. The summed E-state index contributed by atoms with van der Waals surface area (Å²) in [6, 6.07) is 13.4. The zero-order valence-corrected chi connectivity index (χ0v) is 13.4. The highest BCUT2D eigenvalue weighted by Gasteiger charge is 2.18. The van der Waals surface area contributed by atoms with E-state index in [1.54, 1.807) is 6.07 Å². The monoisotopic (exact) mass is 351 g/mol. The van der Waals surface area contributed by atoms with Crippen LogP contribution in [0.4, 0.5) is 5.69 Å². The minimum absolute atomic E-state index is 0.0332. The molecule has 0 heterocycles. The van der Waals surface area contributed by atoms with Gasteiger partial charge in [0.25, 0.3) is 10.0 Å². The Hall–Kier alpha value is -2.41. The van der Waals surface area contributed by atoms with Crippen molar-refractivity contribution in [3.05, 3.63) is 59.7 Å². The van der Waals surface area contributed by atoms with Gasteiger partial charge in [-0.15, -0.1) is 0 Å². The Bertz CT molecular complexity index is 960. The van der Waals surface area contributed by atoms with Gasteiger partial charge in [-0.3, -0.25) is 4.72 Å². The highest BCUT2D eigenvalue weighted by atomic mass is 32.2. The third kappa shape index (κ3) is 4.53. The van der Waals surface area contributed by atoms with Gasteiger partial charge in [-0.25, -0.2) is 22.0 Å². The van der Waals surface area contributed by atoms with E-state index < -0.39 is 20.0 Å². The molecule has 7 nitrogen and oxygen atoms in total. The van der Waals surface area contributed by atoms with Crippen LogP contribution in [0.1, 0.15) is 11.1 Å². The second kappa shape index (κ2) is 6.37. The number of rotatable bonds is 5. The van der Waals surface area contributed by atoms with Gasteiger partial charge >= 0.3 is 0 Å². The van der Waals surface area contributed by atoms with Crippen LogP contribution in [0.15, 0.2) is 53.4 Å². The maximum absolute atomic E-state index is 12.3. The molecule has 2 rings (SSSR count). The van der Waals surface area contributed by atoms with Gasteiger partial charge in [0.2, 0.25) is 10.0 Å². The van der Waals surface area contributed by atoms with Crippen molar-refractivity contribution in [2.24, 2.45) is 5.14 Å². The Balaban J connectivity index is 2.26. The van der Waals surface area contributed by atoms with Gasteiger partial charge < -0.3 is 0 Å². The minimum Gasteiger partial charge on any atom is -0.280 e. The van der Waals surface area contributed by atoms with E-state index >= 15 is 0 Å². The van der Waals surface area contributed by atoms with Gasteiger partial charge in [0.1, 0.15) is 11.0 Å². The summed E-state index contributed by atoms with van der Waals surface area (Å²) in [6.45, 7) is 0. The van der Waals surface area contributed by atoms with Gasteiger partial charge in [0.15, 0.2) is 0 Å². The SMILES string of the molecule is N#Cc1ccccc1S(=O)(=O)Nc1ccc(CS(N)(=O)=O)cc1. The van der Waals surface area contributed by atoms with Crippen molar-refractivity contribution in [2.45, 2.75) is 10.6 Å². The summed E-state index contributed by atoms with van der Waals surface area (Å²) in [4.78, 5) is -0.129. The Morgan fingerprint density at radius 1 is 1.00 bits per heavy atom. The topological polar surface area (TPSA) is 130 Å². The number of sulfonamides is 2. The Kier molecular flexibility index (Phi) is 4.70. The van der Waals surface area contributed by atoms with E-state index in [2.05, 4.69) is 4.72 Å². The first-order valence-corrected chi connectivity index (χ1v) is 9.52. The summed E-state index contributed by atoms with van der Waals surface area (Å²) in [5.41, 5.74) is 0.717. The van der Waals surface area contributed by atoms with E-state index in [0.717, 1.165) is 0 Å². The van der Waals surface area contributed by atoms with Crippen LogP contribution in [0.5, 0.6) is 0 Å². The second-order valence-electron chi connectivity index (χ2n) is 4.72. The molecule has 0 aliphatic rings. The Morgan fingerprint density at radius 2 is 1.61 bits per heavy atom. The first-order valence-electron chi connectivity index (χ1n) is 6.33. The summed E-state index contributed by atoms with van der Waals surface area (Å²) in [5, 5.41) is 13.9. The standard InChI is InChI=1S/C14H13N3O4S2/c15-9-12-3-1-2-4-14(12)23(20,21)17-13-7-5-11(6-8-13)10-22(16,18)19/h1-8,17H,10H2,(H2,16,18,19). The fourth-order valence-electron chi connectivity index (χ4n) is 1.90. The fourth-order valence-corrected chi connectivity index (χ4v) is 3.78. The number of benzene rings is 2. The number of nitriles is 1. The maximum atomic E-state index is 12.3. The molecule has 2 aromatic rings. The average Bonchev–Trinajstić information content (AvgIpc) is 2.47. The van der Waals surface area contributed by atoms with E-state index in [0.29, 0.717) is 5.56 Å². The molecule has 0 amide bonds. The van der Waals surface area contributed by atoms with E-state index in [1.807, 2.05) is 6.07 Å². The molecule has 2 aromatic carbocycles. The van der Waals surface area contributed by atoms with E-state index in [4.69, 9.17) is 10.4 Å². The minimum atomic E-state index is -3.92. The number of nitrogens with zero attached hydrogens (tertiary/aromatic N) is 1. The molecule has 0 atom stereocenters. The maximum Gasteiger partial charge on any atom is 0.263 e. The number of primary sulfonamides is 1. The number of anilines is 1. The third-order valence-corrected chi connectivity index (χ3v) is 5.05. The molecule has 0 saturated carbocycles. The first-order chi connectivity index (χ1) is 10.7. The highest BCUT2D eigenvalue weighted by Crippen LogP contribution is 2.19. The van der Waals surface area contributed by atoms with Gasteiger partial charge in [-0.2, -0.15) is 5.26 Å². The van der Waals surface area contributed by atoms with E-state index in [-0.39, 0.29) is 21.9 Å². The molecule has 0 aromatic heterocycles. The Labute approximate surface area is 134 Å². The third-order valence-electron chi connectivity index (χ3n) is 2.87. The van der Waals surface area contributed by atoms with Gasteiger partial charge in [0.05, 0.1) is 11.3 Å². The smallest absolute Gasteiger partial charge is 0.263 e. The van der Waals surface area contributed by atoms with Crippen molar-refractivity contribution in [2.75, 3.05) is 4.72 Å². The molecule has 0 saturated heterocycles. The molecule has 23 heavy (non-hydrogen) atoms. The van der Waals surface area contributed by atoms with Crippen molar-refractivity contribution in [1.29, 1.82) is 5.26 Å². The lowest BCUT2D eigenvalue weighted by Gasteiger charge is -2.09. The molecule has 120 valence electrons. The zero-order valence-electron chi connectivity index (χ0n) is 11.8. The molecule has 0 fully saturated rings. The average molecular weight is 351 g/mol. The second-order valence-corrected chi connectivity index (χ2v) is 7.98. The van der Waals surface area contributed by atoms with Crippen LogP contribution < -0.4 is 9.86 Å². The molecule has 0 radical (unpaired) electrons. The van der Waals surface area contributed by atoms with Crippen molar-refractivity contribution in [3.8, 4) is 6.07 Å². The van der Waals surface area contributed by atoms with E-state index in [1.165, 1.54) is 42.5 Å². The van der Waals surface area contributed by atoms with Crippen molar-refractivity contribution < 1.29 is 16.8 Å². The largest absolute Gasteiger partial charge is 0.280 e. The van der Waals surface area contributed by atoms with E-state index in [9.17, 15) is 16.8 Å². The lowest BCUT2D eigenvalue weighted by atomic mass is 10.2. The lowest BCUT2D eigenvalue weighted by Crippen LogP contribution is -2.15. The number of hydrogen-bond donors (Lipinski definition) is 2. The molecule has 3 N–H and O–H groups in total. The molecular weight excluding hydrogens is 338 g/mol. The number of nitrogens with two attached hydrogens (primary N) is 1. The zero-order chi connectivity index (χ0) is 17.1. The molecule has 0 aliphatic heterocycles. The molecule has 0 spiro atoms. The predicted octanol–water partition coefficient (Wildman–Crippen LogP) is 1.15. The van der Waals surface area contributed by atoms with Crippen LogP contribution in [0.2, 0.25) is 0 Å². The summed E-state index contributed by atoms with van der Waals surface area (Å²) >= 11 is 0. The summed E-state index contributed by atoms with van der Waals surface area (Å²) in [6.07, 6.45) is 0. The highest BCUT2D eigenvalue weighted by molar-refractivity contribution is 7.92. The molecule has 0 aliphatic carbocycles. The number of nitrogens with one attached hydrogen (secondary N) is 1. The fraction of sp³-hybridized carbons (Fsp3) is 0.0714. The van der Waals surface area contributed by atoms with Crippen LogP contribution >= 0.6 is 0 Å². The Morgan fingerprint density at radius 3 is 2.17 bits per heavy atom. The predicted molar refractivity (Wildman–Crippen MR) is 85.2 cm³/mol. The normalized spacial score (nSPS) is 11.7. The van der Waals surface area contributed by atoms with Crippen LogP contribution in [0.3, 0.4) is 0 Å². The molecule has 0 unspecified atom stereocenters. The first kappa shape index (κ1) is 17.0. The van der Waals surface area contributed by atoms with Gasteiger partial charge in [0, 0.05) is 5.69 Å². The van der Waals surface area contributed by atoms with Crippen molar-refractivity contribution >= 4 is 25.7 Å². The summed E-state index contributed by atoms with van der Waals surface area (Å²) < 4.78 is 49.0. The molecule has 0 bridgehead atoms. The quantitative estimate of drug-likeness (QED) is 0.834. The molecular formula is C14H13N3O4S2. The summed E-state index contributed by atoms with van der Waals surface area (Å²) in [5.74, 6) is -0.336. The van der Waals surface area contributed by atoms with Crippen molar-refractivity contribution in [1.82, 2.24) is 0 Å². The summed E-state index contributed by atoms with van der Waals surface area (Å²) in [7, 11) is -7.57. The van der Waals surface area contributed by atoms with Crippen molar-refractivity contribution in [3.63, 3.8) is 0 Å². The van der Waals surface area contributed by atoms with Gasteiger partial charge in [-0.1, -0.05) is 24.3 Å². The van der Waals surface area contributed by atoms with Gasteiger partial charge in [-0.05, 0) is 29.8 Å². The van der Waals surface area contributed by atoms with Crippen LogP contribution in [-0.4, -0.2) is 16.8 Å². The van der Waals surface area contributed by atoms with Crippen LogP contribution in [0, 0.1) is 11.3 Å². The van der Waals surface area contributed by atoms with Crippen LogP contribution in [-0.2, 0) is 25.8 Å². The number of hydrogen-bond acceptors (Lipinski definition) is 5. The van der Waals surface area contributed by atoms with Crippen LogP contribution in [0.25, 0.3) is 0 Å². The molecule has 9 heteroatoms.